The number of thioether (sulfide) groups is 1. The second-order valence-corrected chi connectivity index (χ2v) is 8.79. The summed E-state index contributed by atoms with van der Waals surface area (Å²) in [6.07, 6.45) is 0.632. The molecule has 8 heteroatoms. The highest BCUT2D eigenvalue weighted by atomic mass is 32.2. The zero-order valence-corrected chi connectivity index (χ0v) is 19.8. The van der Waals surface area contributed by atoms with Crippen LogP contribution in [0.1, 0.15) is 21.7 Å². The second kappa shape index (κ2) is 10.8. The average Bonchev–Trinajstić information content (AvgIpc) is 3.26. The zero-order valence-electron chi connectivity index (χ0n) is 19.0. The van der Waals surface area contributed by atoms with Gasteiger partial charge < -0.3 is 10.2 Å². The van der Waals surface area contributed by atoms with Crippen LogP contribution in [0.3, 0.4) is 0 Å². The van der Waals surface area contributed by atoms with Gasteiger partial charge in [0.05, 0.1) is 5.75 Å². The van der Waals surface area contributed by atoms with E-state index in [0.717, 1.165) is 17.1 Å². The van der Waals surface area contributed by atoms with Gasteiger partial charge in [0.1, 0.15) is 5.82 Å². The summed E-state index contributed by atoms with van der Waals surface area (Å²) in [5, 5.41) is 12.3. The largest absolute Gasteiger partial charge is 0.345 e. The monoisotopic (exact) mass is 471 g/mol. The van der Waals surface area contributed by atoms with Crippen molar-refractivity contribution in [1.82, 2.24) is 19.7 Å². The molecule has 0 atom stereocenters. The Labute approximate surface area is 202 Å². The third kappa shape index (κ3) is 5.71. The van der Waals surface area contributed by atoms with E-state index in [1.807, 2.05) is 53.1 Å². The lowest BCUT2D eigenvalue weighted by Gasteiger charge is -2.11. The Morgan fingerprint density at radius 1 is 0.882 bits per heavy atom. The van der Waals surface area contributed by atoms with Gasteiger partial charge in [0.2, 0.25) is 5.91 Å². The number of benzene rings is 3. The predicted octanol–water partition coefficient (Wildman–Crippen LogP) is 4.29. The van der Waals surface area contributed by atoms with Gasteiger partial charge in [-0.25, -0.2) is 0 Å². The van der Waals surface area contributed by atoms with Crippen molar-refractivity contribution >= 4 is 29.3 Å². The molecule has 172 valence electrons. The fourth-order valence-corrected chi connectivity index (χ4v) is 4.18. The molecule has 3 aromatic carbocycles. The average molecular weight is 472 g/mol. The molecular weight excluding hydrogens is 446 g/mol. The molecule has 0 radical (unpaired) electrons. The maximum Gasteiger partial charge on any atom is 0.253 e. The standard InChI is InChI=1S/C26H25N5O2S/c1-30(2)25(33)20-13-15-21(16-14-20)27-24(32)18-34-26-29-28-23(17-19-9-5-3-6-10-19)31(26)22-11-7-4-8-12-22/h3-16H,17-18H2,1-2H3,(H,27,32). The first-order valence-electron chi connectivity index (χ1n) is 10.8. The molecule has 0 saturated heterocycles. The van der Waals surface area contributed by atoms with E-state index in [-0.39, 0.29) is 17.6 Å². The van der Waals surface area contributed by atoms with Crippen LogP contribution in [0.5, 0.6) is 0 Å². The van der Waals surface area contributed by atoms with Crippen molar-refractivity contribution in [3.05, 3.63) is 102 Å². The Hall–Kier alpha value is -3.91. The van der Waals surface area contributed by atoms with E-state index >= 15 is 0 Å². The highest BCUT2D eigenvalue weighted by Gasteiger charge is 2.16. The summed E-state index contributed by atoms with van der Waals surface area (Å²) in [7, 11) is 3.41. The molecule has 0 spiro atoms. The summed E-state index contributed by atoms with van der Waals surface area (Å²) in [6.45, 7) is 0. The molecule has 2 amide bonds. The van der Waals surface area contributed by atoms with Crippen LogP contribution in [0.25, 0.3) is 5.69 Å². The van der Waals surface area contributed by atoms with Crippen molar-refractivity contribution in [3.8, 4) is 5.69 Å². The molecule has 0 unspecified atom stereocenters. The number of anilines is 1. The lowest BCUT2D eigenvalue weighted by Crippen LogP contribution is -2.21. The van der Waals surface area contributed by atoms with E-state index in [2.05, 4.69) is 27.6 Å². The van der Waals surface area contributed by atoms with Gasteiger partial charge in [-0.2, -0.15) is 0 Å². The number of aromatic nitrogens is 3. The molecule has 34 heavy (non-hydrogen) atoms. The molecule has 0 saturated carbocycles. The van der Waals surface area contributed by atoms with E-state index in [4.69, 9.17) is 0 Å². The van der Waals surface area contributed by atoms with Gasteiger partial charge in [0.25, 0.3) is 5.91 Å². The van der Waals surface area contributed by atoms with Crippen LogP contribution < -0.4 is 5.32 Å². The third-order valence-corrected chi connectivity index (χ3v) is 6.00. The van der Waals surface area contributed by atoms with Crippen molar-refractivity contribution in [3.63, 3.8) is 0 Å². The van der Waals surface area contributed by atoms with Crippen LogP contribution >= 0.6 is 11.8 Å². The summed E-state index contributed by atoms with van der Waals surface area (Å²) in [4.78, 5) is 26.1. The number of hydrogen-bond acceptors (Lipinski definition) is 5. The molecule has 4 aromatic rings. The number of carbonyl (C=O) groups is 2. The molecule has 0 aliphatic heterocycles. The molecule has 1 heterocycles. The van der Waals surface area contributed by atoms with Gasteiger partial charge in [-0.05, 0) is 42.0 Å². The van der Waals surface area contributed by atoms with Crippen LogP contribution in [0, 0.1) is 0 Å². The summed E-state index contributed by atoms with van der Waals surface area (Å²) < 4.78 is 1.99. The number of nitrogens with one attached hydrogen (secondary N) is 1. The first kappa shape index (κ1) is 23.3. The SMILES string of the molecule is CN(C)C(=O)c1ccc(NC(=O)CSc2nnc(Cc3ccccc3)n2-c2ccccc2)cc1. The van der Waals surface area contributed by atoms with Gasteiger partial charge in [-0.15, -0.1) is 10.2 Å². The first-order valence-corrected chi connectivity index (χ1v) is 11.8. The van der Waals surface area contributed by atoms with Crippen molar-refractivity contribution in [2.45, 2.75) is 11.6 Å². The minimum Gasteiger partial charge on any atom is -0.345 e. The lowest BCUT2D eigenvalue weighted by atomic mass is 10.1. The third-order valence-electron chi connectivity index (χ3n) is 5.07. The van der Waals surface area contributed by atoms with Crippen molar-refractivity contribution in [1.29, 1.82) is 0 Å². The van der Waals surface area contributed by atoms with Crippen molar-refractivity contribution < 1.29 is 9.59 Å². The zero-order chi connectivity index (χ0) is 23.9. The summed E-state index contributed by atoms with van der Waals surface area (Å²) in [5.41, 5.74) is 3.29. The Balaban J connectivity index is 1.46. The molecule has 0 aliphatic carbocycles. The fourth-order valence-electron chi connectivity index (χ4n) is 3.40. The highest BCUT2D eigenvalue weighted by molar-refractivity contribution is 7.99. The molecule has 7 nitrogen and oxygen atoms in total. The quantitative estimate of drug-likeness (QED) is 0.388. The first-order chi connectivity index (χ1) is 16.5. The van der Waals surface area contributed by atoms with Gasteiger partial charge >= 0.3 is 0 Å². The van der Waals surface area contributed by atoms with Gasteiger partial charge in [0, 0.05) is 37.5 Å². The van der Waals surface area contributed by atoms with Crippen molar-refractivity contribution in [2.75, 3.05) is 25.2 Å². The number of amides is 2. The minimum absolute atomic E-state index is 0.0833. The molecule has 0 aliphatic rings. The Kier molecular flexibility index (Phi) is 7.39. The topological polar surface area (TPSA) is 80.1 Å². The normalized spacial score (nSPS) is 10.6. The smallest absolute Gasteiger partial charge is 0.253 e. The molecule has 1 N–H and O–H groups in total. The second-order valence-electron chi connectivity index (χ2n) is 7.85. The number of nitrogens with zero attached hydrogens (tertiary/aromatic N) is 4. The van der Waals surface area contributed by atoms with Crippen molar-refractivity contribution in [2.24, 2.45) is 0 Å². The Morgan fingerprint density at radius 2 is 1.53 bits per heavy atom. The number of hydrogen-bond donors (Lipinski definition) is 1. The van der Waals surface area contributed by atoms with E-state index in [0.29, 0.717) is 22.8 Å². The van der Waals surface area contributed by atoms with Gasteiger partial charge in [0.15, 0.2) is 5.16 Å². The Bertz CT molecular complexity index is 1260. The minimum atomic E-state index is -0.163. The van der Waals surface area contributed by atoms with Gasteiger partial charge in [-0.1, -0.05) is 60.3 Å². The lowest BCUT2D eigenvalue weighted by molar-refractivity contribution is -0.113. The van der Waals surface area contributed by atoms with E-state index in [1.165, 1.54) is 16.7 Å². The predicted molar refractivity (Wildman–Crippen MR) is 134 cm³/mol. The summed E-state index contributed by atoms with van der Waals surface area (Å²) in [6, 6.07) is 26.8. The molecule has 4 rings (SSSR count). The van der Waals surface area contributed by atoms with E-state index < -0.39 is 0 Å². The number of carbonyl (C=O) groups excluding carboxylic acids is 2. The van der Waals surface area contributed by atoms with Gasteiger partial charge in [-0.3, -0.25) is 14.2 Å². The Morgan fingerprint density at radius 3 is 2.18 bits per heavy atom. The summed E-state index contributed by atoms with van der Waals surface area (Å²) in [5.74, 6) is 0.736. The number of rotatable bonds is 8. The molecular formula is C26H25N5O2S. The highest BCUT2D eigenvalue weighted by Crippen LogP contribution is 2.24. The van der Waals surface area contributed by atoms with E-state index in [1.54, 1.807) is 38.4 Å². The van der Waals surface area contributed by atoms with Crippen LogP contribution in [0.2, 0.25) is 0 Å². The van der Waals surface area contributed by atoms with Crippen LogP contribution in [0.15, 0.2) is 90.1 Å². The fraction of sp³-hybridized carbons (Fsp3) is 0.154. The summed E-state index contributed by atoms with van der Waals surface area (Å²) >= 11 is 1.33. The van der Waals surface area contributed by atoms with E-state index in [9.17, 15) is 9.59 Å². The number of para-hydroxylation sites is 1. The molecule has 0 fully saturated rings. The molecule has 1 aromatic heterocycles. The maximum absolute atomic E-state index is 12.6. The van der Waals surface area contributed by atoms with Crippen LogP contribution in [-0.2, 0) is 11.2 Å². The van der Waals surface area contributed by atoms with Crippen LogP contribution in [-0.4, -0.2) is 51.3 Å². The van der Waals surface area contributed by atoms with Crippen LogP contribution in [0.4, 0.5) is 5.69 Å². The molecule has 0 bridgehead atoms. The maximum atomic E-state index is 12.6.